The van der Waals surface area contributed by atoms with E-state index in [2.05, 4.69) is 5.32 Å². The SMILES string of the molecule is CCC(C)(C)OCC(C)(NC1CC1)C(=O)O. The van der Waals surface area contributed by atoms with Crippen molar-refractivity contribution in [2.24, 2.45) is 0 Å². The quantitative estimate of drug-likeness (QED) is 0.698. The fourth-order valence-corrected chi connectivity index (χ4v) is 1.29. The number of nitrogens with one attached hydrogen (secondary N) is 1. The molecule has 1 rings (SSSR count). The van der Waals surface area contributed by atoms with E-state index < -0.39 is 11.5 Å². The minimum absolute atomic E-state index is 0.208. The van der Waals surface area contributed by atoms with E-state index in [-0.39, 0.29) is 12.2 Å². The topological polar surface area (TPSA) is 58.6 Å². The largest absolute Gasteiger partial charge is 0.480 e. The Morgan fingerprint density at radius 3 is 2.38 bits per heavy atom. The lowest BCUT2D eigenvalue weighted by Gasteiger charge is -2.31. The smallest absolute Gasteiger partial charge is 0.326 e. The second-order valence-electron chi connectivity index (χ2n) is 5.46. The lowest BCUT2D eigenvalue weighted by atomic mass is 10.0. The minimum Gasteiger partial charge on any atom is -0.480 e. The van der Waals surface area contributed by atoms with Crippen LogP contribution >= 0.6 is 0 Å². The van der Waals surface area contributed by atoms with Crippen molar-refractivity contribution in [2.75, 3.05) is 6.61 Å². The summed E-state index contributed by atoms with van der Waals surface area (Å²) in [6.07, 6.45) is 3.01. The van der Waals surface area contributed by atoms with E-state index in [1.165, 1.54) is 0 Å². The van der Waals surface area contributed by atoms with E-state index in [1.54, 1.807) is 6.92 Å². The molecule has 0 aliphatic heterocycles. The molecule has 4 nitrogen and oxygen atoms in total. The van der Waals surface area contributed by atoms with E-state index in [9.17, 15) is 9.90 Å². The van der Waals surface area contributed by atoms with E-state index in [0.29, 0.717) is 6.04 Å². The lowest BCUT2D eigenvalue weighted by Crippen LogP contribution is -2.55. The zero-order chi connectivity index (χ0) is 12.4. The number of carboxylic acids is 1. The van der Waals surface area contributed by atoms with Crippen LogP contribution in [0.3, 0.4) is 0 Å². The van der Waals surface area contributed by atoms with Crippen LogP contribution in [-0.4, -0.2) is 34.9 Å². The van der Waals surface area contributed by atoms with Crippen molar-refractivity contribution in [3.8, 4) is 0 Å². The third-order valence-electron chi connectivity index (χ3n) is 3.18. The van der Waals surface area contributed by atoms with Crippen LogP contribution in [0.25, 0.3) is 0 Å². The summed E-state index contributed by atoms with van der Waals surface area (Å²) in [4.78, 5) is 11.2. The molecule has 1 unspecified atom stereocenters. The fourth-order valence-electron chi connectivity index (χ4n) is 1.29. The van der Waals surface area contributed by atoms with Gasteiger partial charge >= 0.3 is 5.97 Å². The maximum atomic E-state index is 11.2. The molecule has 1 aliphatic rings. The van der Waals surface area contributed by atoms with Crippen LogP contribution in [0.4, 0.5) is 0 Å². The first kappa shape index (κ1) is 13.5. The van der Waals surface area contributed by atoms with Crippen LogP contribution in [0.5, 0.6) is 0 Å². The summed E-state index contributed by atoms with van der Waals surface area (Å²) in [5, 5.41) is 12.4. The molecule has 1 aliphatic carbocycles. The highest BCUT2D eigenvalue weighted by Gasteiger charge is 2.39. The molecule has 0 aromatic heterocycles. The first-order chi connectivity index (χ1) is 7.29. The lowest BCUT2D eigenvalue weighted by molar-refractivity contribution is -0.150. The summed E-state index contributed by atoms with van der Waals surface area (Å²) in [5.41, 5.74) is -1.23. The molecule has 1 saturated carbocycles. The average Bonchev–Trinajstić information content (AvgIpc) is 2.99. The molecule has 0 saturated heterocycles. The highest BCUT2D eigenvalue weighted by Crippen LogP contribution is 2.24. The van der Waals surface area contributed by atoms with Crippen molar-refractivity contribution in [1.29, 1.82) is 0 Å². The van der Waals surface area contributed by atoms with Crippen molar-refractivity contribution in [3.63, 3.8) is 0 Å². The Kier molecular flexibility index (Phi) is 3.97. The third kappa shape index (κ3) is 3.76. The Bertz CT molecular complexity index is 261. The van der Waals surface area contributed by atoms with Gasteiger partial charge in [-0.3, -0.25) is 10.1 Å². The number of hydrogen-bond donors (Lipinski definition) is 2. The Morgan fingerprint density at radius 1 is 1.44 bits per heavy atom. The zero-order valence-corrected chi connectivity index (χ0v) is 10.7. The van der Waals surface area contributed by atoms with Crippen molar-refractivity contribution < 1.29 is 14.6 Å². The summed E-state index contributed by atoms with van der Waals surface area (Å²) in [5.74, 6) is -0.841. The molecule has 0 spiro atoms. The van der Waals surface area contributed by atoms with Crippen LogP contribution < -0.4 is 5.32 Å². The van der Waals surface area contributed by atoms with Gasteiger partial charge in [-0.1, -0.05) is 6.92 Å². The summed E-state index contributed by atoms with van der Waals surface area (Å²) in [7, 11) is 0. The van der Waals surface area contributed by atoms with Crippen LogP contribution in [0.15, 0.2) is 0 Å². The summed E-state index contributed by atoms with van der Waals surface area (Å²) in [6.45, 7) is 7.89. The van der Waals surface area contributed by atoms with Crippen molar-refractivity contribution in [3.05, 3.63) is 0 Å². The van der Waals surface area contributed by atoms with Crippen molar-refractivity contribution >= 4 is 5.97 Å². The number of ether oxygens (including phenoxy) is 1. The molecule has 4 heteroatoms. The Hall–Kier alpha value is -0.610. The molecule has 0 bridgehead atoms. The molecular formula is C12H23NO3. The van der Waals surface area contributed by atoms with Crippen LogP contribution in [0.2, 0.25) is 0 Å². The highest BCUT2D eigenvalue weighted by molar-refractivity contribution is 5.78. The molecule has 94 valence electrons. The number of hydrogen-bond acceptors (Lipinski definition) is 3. The minimum atomic E-state index is -0.965. The number of rotatable bonds is 7. The highest BCUT2D eigenvalue weighted by atomic mass is 16.5. The van der Waals surface area contributed by atoms with Gasteiger partial charge in [0.15, 0.2) is 0 Å². The van der Waals surface area contributed by atoms with Gasteiger partial charge in [-0.15, -0.1) is 0 Å². The molecule has 1 fully saturated rings. The van der Waals surface area contributed by atoms with Gasteiger partial charge in [0.1, 0.15) is 5.54 Å². The molecule has 0 heterocycles. The van der Waals surface area contributed by atoms with Crippen molar-refractivity contribution in [2.45, 2.75) is 64.1 Å². The standard InChI is InChI=1S/C12H23NO3/c1-5-11(2,3)16-8-12(4,10(14)15)13-9-6-7-9/h9,13H,5-8H2,1-4H3,(H,14,15). The van der Waals surface area contributed by atoms with Gasteiger partial charge in [0.2, 0.25) is 0 Å². The van der Waals surface area contributed by atoms with E-state index >= 15 is 0 Å². The normalized spacial score (nSPS) is 20.5. The predicted octanol–water partition coefficient (Wildman–Crippen LogP) is 1.79. The first-order valence-electron chi connectivity index (χ1n) is 5.94. The second kappa shape index (κ2) is 4.72. The zero-order valence-electron chi connectivity index (χ0n) is 10.7. The van der Waals surface area contributed by atoms with Gasteiger partial charge in [-0.25, -0.2) is 0 Å². The van der Waals surface area contributed by atoms with E-state index in [1.807, 2.05) is 20.8 Å². The molecule has 0 aromatic rings. The van der Waals surface area contributed by atoms with Gasteiger partial charge < -0.3 is 9.84 Å². The molecule has 2 N–H and O–H groups in total. The summed E-state index contributed by atoms with van der Waals surface area (Å²) >= 11 is 0. The van der Waals surface area contributed by atoms with Crippen LogP contribution in [0, 0.1) is 0 Å². The van der Waals surface area contributed by atoms with Crippen LogP contribution in [-0.2, 0) is 9.53 Å². The maximum Gasteiger partial charge on any atom is 0.326 e. The molecule has 0 amide bonds. The van der Waals surface area contributed by atoms with E-state index in [4.69, 9.17) is 4.74 Å². The maximum absolute atomic E-state index is 11.2. The Morgan fingerprint density at radius 2 is 2.00 bits per heavy atom. The Balaban J connectivity index is 2.53. The van der Waals surface area contributed by atoms with Gasteiger partial charge in [0, 0.05) is 6.04 Å². The van der Waals surface area contributed by atoms with Crippen molar-refractivity contribution in [1.82, 2.24) is 5.32 Å². The number of aliphatic carboxylic acids is 1. The number of carbonyl (C=O) groups is 1. The fraction of sp³-hybridized carbons (Fsp3) is 0.917. The third-order valence-corrected chi connectivity index (χ3v) is 3.18. The van der Waals surface area contributed by atoms with Gasteiger partial charge in [-0.2, -0.15) is 0 Å². The van der Waals surface area contributed by atoms with Gasteiger partial charge in [0.25, 0.3) is 0 Å². The molecule has 16 heavy (non-hydrogen) atoms. The van der Waals surface area contributed by atoms with Crippen LogP contribution in [0.1, 0.15) is 47.0 Å². The van der Waals surface area contributed by atoms with Gasteiger partial charge in [0.05, 0.1) is 12.2 Å². The summed E-state index contributed by atoms with van der Waals surface area (Å²) in [6, 6.07) is 0.356. The predicted molar refractivity (Wildman–Crippen MR) is 62.5 cm³/mol. The molecule has 0 aromatic carbocycles. The Labute approximate surface area is 97.4 Å². The average molecular weight is 229 g/mol. The molecule has 0 radical (unpaired) electrons. The second-order valence-corrected chi connectivity index (χ2v) is 5.46. The monoisotopic (exact) mass is 229 g/mol. The number of carboxylic acid groups (broad SMARTS) is 1. The van der Waals surface area contributed by atoms with Gasteiger partial charge in [-0.05, 0) is 40.0 Å². The molecule has 1 atom stereocenters. The molecular weight excluding hydrogens is 206 g/mol. The van der Waals surface area contributed by atoms with E-state index in [0.717, 1.165) is 19.3 Å². The summed E-state index contributed by atoms with van der Waals surface area (Å²) < 4.78 is 5.69. The first-order valence-corrected chi connectivity index (χ1v) is 5.94.